The van der Waals surface area contributed by atoms with Crippen LogP contribution in [0.15, 0.2) is 24.3 Å². The number of nitrogens with zero attached hydrogens (tertiary/aromatic N) is 1. The number of non-ortho nitro benzene ring substituents is 1. The van der Waals surface area contributed by atoms with Crippen molar-refractivity contribution in [2.24, 2.45) is 0 Å². The maximum Gasteiger partial charge on any atom is 0.405 e. The van der Waals surface area contributed by atoms with E-state index in [1.165, 1.54) is 24.3 Å². The Labute approximate surface area is 96.2 Å². The molecule has 0 heterocycles. The van der Waals surface area contributed by atoms with Gasteiger partial charge in [-0.2, -0.15) is 0 Å². The topological polar surface area (TPSA) is 110 Å². The normalized spacial score (nSPS) is 11.5. The number of carbonyl (C=O) groups is 2. The molecule has 0 saturated carbocycles. The zero-order chi connectivity index (χ0) is 12.8. The lowest BCUT2D eigenvalue weighted by Gasteiger charge is -2.09. The summed E-state index contributed by atoms with van der Waals surface area (Å²) in [4.78, 5) is 30.8. The molecule has 1 atom stereocenters. The fourth-order valence-electron chi connectivity index (χ4n) is 1.30. The van der Waals surface area contributed by atoms with Crippen molar-refractivity contribution in [2.75, 3.05) is 0 Å². The molecule has 1 aromatic rings. The van der Waals surface area contributed by atoms with E-state index < -0.39 is 17.1 Å². The summed E-state index contributed by atoms with van der Waals surface area (Å²) in [5.74, 6) is 0. The molecule has 0 aliphatic carbocycles. The van der Waals surface area contributed by atoms with Crippen LogP contribution in [-0.2, 0) is 11.2 Å². The zero-order valence-corrected chi connectivity index (χ0v) is 8.70. The molecule has 1 aromatic carbocycles. The highest BCUT2D eigenvalue weighted by molar-refractivity contribution is 5.71. The Morgan fingerprint density at radius 2 is 2.06 bits per heavy atom. The van der Waals surface area contributed by atoms with Crippen molar-refractivity contribution >= 4 is 18.1 Å². The van der Waals surface area contributed by atoms with Crippen molar-refractivity contribution < 1.29 is 19.6 Å². The second-order valence-electron chi connectivity index (χ2n) is 3.32. The van der Waals surface area contributed by atoms with Crippen LogP contribution in [0, 0.1) is 10.1 Å². The summed E-state index contributed by atoms with van der Waals surface area (Å²) in [7, 11) is 0. The second kappa shape index (κ2) is 5.59. The summed E-state index contributed by atoms with van der Waals surface area (Å²) in [5.41, 5.74) is 0.587. The zero-order valence-electron chi connectivity index (χ0n) is 8.70. The number of hydrogen-bond acceptors (Lipinski definition) is 4. The van der Waals surface area contributed by atoms with Gasteiger partial charge in [-0.15, -0.1) is 0 Å². The van der Waals surface area contributed by atoms with Gasteiger partial charge in [-0.1, -0.05) is 12.1 Å². The monoisotopic (exact) mass is 238 g/mol. The van der Waals surface area contributed by atoms with E-state index >= 15 is 0 Å². The Hall–Kier alpha value is -2.44. The fourth-order valence-corrected chi connectivity index (χ4v) is 1.30. The van der Waals surface area contributed by atoms with E-state index in [2.05, 4.69) is 0 Å². The Morgan fingerprint density at radius 1 is 1.47 bits per heavy atom. The number of benzene rings is 1. The predicted molar refractivity (Wildman–Crippen MR) is 57.8 cm³/mol. The summed E-state index contributed by atoms with van der Waals surface area (Å²) >= 11 is 0. The number of aldehydes is 1. The summed E-state index contributed by atoms with van der Waals surface area (Å²) in [5, 5.41) is 20.9. The molecule has 2 N–H and O–H groups in total. The lowest BCUT2D eigenvalue weighted by molar-refractivity contribution is -0.384. The molecule has 1 amide bonds. The van der Waals surface area contributed by atoms with Crippen LogP contribution >= 0.6 is 0 Å². The molecule has 0 fully saturated rings. The molecule has 0 saturated heterocycles. The first kappa shape index (κ1) is 12.6. The lowest BCUT2D eigenvalue weighted by Crippen LogP contribution is -2.36. The second-order valence-corrected chi connectivity index (χ2v) is 3.32. The fraction of sp³-hybridized carbons (Fsp3) is 0.200. The third-order valence-electron chi connectivity index (χ3n) is 2.08. The van der Waals surface area contributed by atoms with Gasteiger partial charge >= 0.3 is 6.09 Å². The van der Waals surface area contributed by atoms with E-state index in [-0.39, 0.29) is 12.1 Å². The van der Waals surface area contributed by atoms with Crippen LogP contribution < -0.4 is 5.32 Å². The van der Waals surface area contributed by atoms with Crippen LogP contribution in [0.5, 0.6) is 0 Å². The third-order valence-corrected chi connectivity index (χ3v) is 2.08. The molecule has 0 radical (unpaired) electrons. The van der Waals surface area contributed by atoms with Crippen LogP contribution in [0.4, 0.5) is 10.5 Å². The Balaban J connectivity index is 2.70. The van der Waals surface area contributed by atoms with Gasteiger partial charge in [0.15, 0.2) is 0 Å². The van der Waals surface area contributed by atoms with Gasteiger partial charge in [0, 0.05) is 12.1 Å². The largest absolute Gasteiger partial charge is 0.465 e. The van der Waals surface area contributed by atoms with Gasteiger partial charge in [-0.05, 0) is 12.0 Å². The van der Waals surface area contributed by atoms with Crippen molar-refractivity contribution in [3.05, 3.63) is 39.9 Å². The number of hydrogen-bond donors (Lipinski definition) is 2. The first-order chi connectivity index (χ1) is 8.02. The van der Waals surface area contributed by atoms with E-state index in [9.17, 15) is 19.7 Å². The van der Waals surface area contributed by atoms with Crippen molar-refractivity contribution in [3.63, 3.8) is 0 Å². The molecule has 0 bridgehead atoms. The highest BCUT2D eigenvalue weighted by Crippen LogP contribution is 2.12. The van der Waals surface area contributed by atoms with Crippen LogP contribution in [0.25, 0.3) is 0 Å². The van der Waals surface area contributed by atoms with Crippen molar-refractivity contribution in [2.45, 2.75) is 12.5 Å². The highest BCUT2D eigenvalue weighted by atomic mass is 16.6. The van der Waals surface area contributed by atoms with Crippen LogP contribution in [-0.4, -0.2) is 28.5 Å². The van der Waals surface area contributed by atoms with Gasteiger partial charge in [0.05, 0.1) is 11.0 Å². The number of rotatable bonds is 5. The van der Waals surface area contributed by atoms with Gasteiger partial charge in [0.25, 0.3) is 5.69 Å². The average Bonchev–Trinajstić information content (AvgIpc) is 2.28. The smallest absolute Gasteiger partial charge is 0.405 e. The van der Waals surface area contributed by atoms with Crippen molar-refractivity contribution in [1.29, 1.82) is 0 Å². The molecular weight excluding hydrogens is 228 g/mol. The van der Waals surface area contributed by atoms with Gasteiger partial charge in [-0.25, -0.2) is 4.79 Å². The van der Waals surface area contributed by atoms with Gasteiger partial charge in [0.1, 0.15) is 6.29 Å². The minimum atomic E-state index is -1.29. The summed E-state index contributed by atoms with van der Waals surface area (Å²) in [6, 6.07) is 4.72. The molecule has 1 rings (SSSR count). The summed E-state index contributed by atoms with van der Waals surface area (Å²) < 4.78 is 0. The minimum Gasteiger partial charge on any atom is -0.465 e. The minimum absolute atomic E-state index is 0.0532. The number of amides is 1. The van der Waals surface area contributed by atoms with E-state index in [0.29, 0.717) is 11.8 Å². The SMILES string of the molecule is O=C[C@H](Cc1ccc([N+](=O)[O-])cc1)NC(=O)O. The van der Waals surface area contributed by atoms with Gasteiger partial charge < -0.3 is 15.2 Å². The van der Waals surface area contributed by atoms with Crippen LogP contribution in [0.1, 0.15) is 5.56 Å². The number of carboxylic acid groups (broad SMARTS) is 1. The van der Waals surface area contributed by atoms with Crippen molar-refractivity contribution in [1.82, 2.24) is 5.32 Å². The molecule has 7 nitrogen and oxygen atoms in total. The first-order valence-electron chi connectivity index (χ1n) is 4.71. The Bertz CT molecular complexity index is 429. The molecule has 0 aromatic heterocycles. The standard InChI is InChI=1S/C10H10N2O5/c13-6-8(11-10(14)15)5-7-1-3-9(4-2-7)12(16)17/h1-4,6,8,11H,5H2,(H,14,15)/t8-/m0/s1. The maximum absolute atomic E-state index is 10.6. The number of nitrogens with one attached hydrogen (secondary N) is 1. The Kier molecular flexibility index (Phi) is 4.15. The molecule has 0 unspecified atom stereocenters. The van der Waals surface area contributed by atoms with E-state index in [0.717, 1.165) is 0 Å². The molecule has 0 spiro atoms. The average molecular weight is 238 g/mol. The van der Waals surface area contributed by atoms with Crippen LogP contribution in [0.3, 0.4) is 0 Å². The molecule has 7 heteroatoms. The maximum atomic E-state index is 10.6. The molecule has 0 aliphatic heterocycles. The molecule has 0 aliphatic rings. The first-order valence-corrected chi connectivity index (χ1v) is 4.71. The predicted octanol–water partition coefficient (Wildman–Crippen LogP) is 0.972. The van der Waals surface area contributed by atoms with E-state index in [1.807, 2.05) is 5.32 Å². The number of nitro benzene ring substituents is 1. The van der Waals surface area contributed by atoms with E-state index in [4.69, 9.17) is 5.11 Å². The molecule has 17 heavy (non-hydrogen) atoms. The van der Waals surface area contributed by atoms with Gasteiger partial charge in [0.2, 0.25) is 0 Å². The van der Waals surface area contributed by atoms with Gasteiger partial charge in [-0.3, -0.25) is 10.1 Å². The quantitative estimate of drug-likeness (QED) is 0.451. The molecule has 90 valence electrons. The van der Waals surface area contributed by atoms with Crippen LogP contribution in [0.2, 0.25) is 0 Å². The van der Waals surface area contributed by atoms with E-state index in [1.54, 1.807) is 0 Å². The number of nitro groups is 1. The lowest BCUT2D eigenvalue weighted by atomic mass is 10.1. The summed E-state index contributed by atoms with van der Waals surface area (Å²) in [6.07, 6.45) is -0.646. The Morgan fingerprint density at radius 3 is 2.47 bits per heavy atom. The summed E-state index contributed by atoms with van der Waals surface area (Å²) in [6.45, 7) is 0. The van der Waals surface area contributed by atoms with Crippen molar-refractivity contribution in [3.8, 4) is 0 Å². The third kappa shape index (κ3) is 3.90. The highest BCUT2D eigenvalue weighted by Gasteiger charge is 2.12. The number of carbonyl (C=O) groups excluding carboxylic acids is 1. The molecular formula is C10H10N2O5.